The van der Waals surface area contributed by atoms with Gasteiger partial charge >= 0.3 is 5.97 Å². The van der Waals surface area contributed by atoms with Crippen molar-refractivity contribution >= 4 is 12.3 Å². The minimum atomic E-state index is -0.654. The molecule has 2 aliphatic carbocycles. The summed E-state index contributed by atoms with van der Waals surface area (Å²) in [6.45, 7) is 8.68. The van der Waals surface area contributed by atoms with Crippen LogP contribution < -0.4 is 0 Å². The zero-order valence-electron chi connectivity index (χ0n) is 14.9. The molecule has 3 nitrogen and oxygen atoms in total. The summed E-state index contributed by atoms with van der Waals surface area (Å²) in [5.41, 5.74) is 2.39. The molecule has 0 saturated heterocycles. The van der Waals surface area contributed by atoms with Crippen LogP contribution in [-0.4, -0.2) is 17.4 Å². The van der Waals surface area contributed by atoms with E-state index in [1.54, 1.807) is 6.08 Å². The van der Waals surface area contributed by atoms with Crippen molar-refractivity contribution in [3.05, 3.63) is 23.3 Å². The number of hydrogen-bond donors (Lipinski definition) is 1. The first-order valence-corrected chi connectivity index (χ1v) is 8.76. The summed E-state index contributed by atoms with van der Waals surface area (Å²) in [4.78, 5) is 22.6. The quantitative estimate of drug-likeness (QED) is 0.451. The molecule has 0 bridgehead atoms. The molecule has 3 heteroatoms. The van der Waals surface area contributed by atoms with E-state index >= 15 is 0 Å². The van der Waals surface area contributed by atoms with Crippen LogP contribution in [0.3, 0.4) is 0 Å². The predicted molar refractivity (Wildman–Crippen MR) is 92.1 cm³/mol. The summed E-state index contributed by atoms with van der Waals surface area (Å²) >= 11 is 0. The van der Waals surface area contributed by atoms with E-state index in [9.17, 15) is 14.7 Å². The van der Waals surface area contributed by atoms with Crippen LogP contribution >= 0.6 is 0 Å². The van der Waals surface area contributed by atoms with E-state index in [1.165, 1.54) is 5.57 Å². The van der Waals surface area contributed by atoms with Gasteiger partial charge in [-0.2, -0.15) is 0 Å². The summed E-state index contributed by atoms with van der Waals surface area (Å²) in [6, 6.07) is 0. The number of aldehydes is 1. The maximum atomic E-state index is 11.9. The summed E-state index contributed by atoms with van der Waals surface area (Å²) in [7, 11) is 0. The van der Waals surface area contributed by atoms with Gasteiger partial charge in [0.1, 0.15) is 6.29 Å². The van der Waals surface area contributed by atoms with Gasteiger partial charge in [-0.25, -0.2) is 0 Å². The fourth-order valence-electron chi connectivity index (χ4n) is 5.16. The highest BCUT2D eigenvalue weighted by Crippen LogP contribution is 2.62. The van der Waals surface area contributed by atoms with Crippen LogP contribution in [0, 0.1) is 22.7 Å². The fraction of sp³-hybridized carbons (Fsp3) is 0.700. The lowest BCUT2D eigenvalue weighted by atomic mass is 9.46. The van der Waals surface area contributed by atoms with Crippen molar-refractivity contribution in [2.75, 3.05) is 0 Å². The largest absolute Gasteiger partial charge is 0.481 e. The van der Waals surface area contributed by atoms with Crippen LogP contribution in [-0.2, 0) is 9.59 Å². The Labute approximate surface area is 139 Å². The summed E-state index contributed by atoms with van der Waals surface area (Å²) in [5, 5.41) is 9.80. The number of carboxylic acids is 1. The van der Waals surface area contributed by atoms with Gasteiger partial charge < -0.3 is 5.11 Å². The number of carbonyl (C=O) groups is 2. The van der Waals surface area contributed by atoms with Gasteiger partial charge in [0, 0.05) is 0 Å². The lowest BCUT2D eigenvalue weighted by Crippen LogP contribution is -2.52. The molecule has 0 aromatic rings. The number of rotatable bonds is 5. The normalized spacial score (nSPS) is 37.7. The Morgan fingerprint density at radius 2 is 2.09 bits per heavy atom. The fourth-order valence-corrected chi connectivity index (χ4v) is 5.16. The first kappa shape index (κ1) is 18.0. The Morgan fingerprint density at radius 3 is 2.70 bits per heavy atom. The molecule has 2 rings (SSSR count). The van der Waals surface area contributed by atoms with Crippen molar-refractivity contribution in [1.82, 2.24) is 0 Å². The standard InChI is InChI=1S/C20H30O3/c1-14(10-13-21)8-11-20(4)16(18(22)23)9-12-19(3)15(2)6-5-7-17(19)20/h6,10,13,16-17H,5,7-9,11-12H2,1-4H3,(H,22,23)/b14-10-/t16-,17?,19-,20-/m0/s1. The summed E-state index contributed by atoms with van der Waals surface area (Å²) in [6.07, 6.45) is 10.3. The second-order valence-electron chi connectivity index (χ2n) is 8.02. The molecule has 0 amide bonds. The van der Waals surface area contributed by atoms with Crippen molar-refractivity contribution in [3.8, 4) is 0 Å². The molecule has 0 spiro atoms. The zero-order valence-corrected chi connectivity index (χ0v) is 14.9. The van der Waals surface area contributed by atoms with Gasteiger partial charge in [0.15, 0.2) is 0 Å². The molecule has 128 valence electrons. The van der Waals surface area contributed by atoms with Gasteiger partial charge in [-0.15, -0.1) is 0 Å². The Morgan fingerprint density at radius 1 is 1.39 bits per heavy atom. The van der Waals surface area contributed by atoms with Crippen LogP contribution in [0.1, 0.15) is 66.2 Å². The highest BCUT2D eigenvalue weighted by Gasteiger charge is 2.56. The molecule has 0 aliphatic heterocycles. The van der Waals surface area contributed by atoms with Gasteiger partial charge in [0.2, 0.25) is 0 Å². The second kappa shape index (κ2) is 6.62. The minimum absolute atomic E-state index is 0.126. The first-order valence-electron chi connectivity index (χ1n) is 8.76. The van der Waals surface area contributed by atoms with Crippen molar-refractivity contribution in [3.63, 3.8) is 0 Å². The summed E-state index contributed by atoms with van der Waals surface area (Å²) in [5.74, 6) is -0.534. The van der Waals surface area contributed by atoms with Crippen LogP contribution in [0.15, 0.2) is 23.3 Å². The van der Waals surface area contributed by atoms with Gasteiger partial charge in [-0.05, 0) is 75.2 Å². The number of hydrogen-bond acceptors (Lipinski definition) is 2. The van der Waals surface area contributed by atoms with E-state index in [2.05, 4.69) is 26.8 Å². The maximum absolute atomic E-state index is 11.9. The van der Waals surface area contributed by atoms with Crippen molar-refractivity contribution in [1.29, 1.82) is 0 Å². The molecule has 4 atom stereocenters. The average Bonchev–Trinajstić information content (AvgIpc) is 2.47. The number of carbonyl (C=O) groups excluding carboxylic acids is 1. The van der Waals surface area contributed by atoms with Gasteiger partial charge in [-0.1, -0.05) is 31.1 Å². The topological polar surface area (TPSA) is 54.4 Å². The van der Waals surface area contributed by atoms with Gasteiger partial charge in [0.05, 0.1) is 5.92 Å². The number of allylic oxidation sites excluding steroid dienone is 4. The number of carboxylic acid groups (broad SMARTS) is 1. The molecular weight excluding hydrogens is 288 g/mol. The van der Waals surface area contributed by atoms with Crippen molar-refractivity contribution in [2.24, 2.45) is 22.7 Å². The highest BCUT2D eigenvalue weighted by molar-refractivity contribution is 5.71. The molecule has 1 saturated carbocycles. The molecule has 0 aromatic heterocycles. The molecule has 23 heavy (non-hydrogen) atoms. The van der Waals surface area contributed by atoms with E-state index < -0.39 is 5.97 Å². The average molecular weight is 318 g/mol. The lowest BCUT2D eigenvalue weighted by molar-refractivity contribution is -0.156. The molecule has 1 fully saturated rings. The lowest BCUT2D eigenvalue weighted by Gasteiger charge is -2.57. The van der Waals surface area contributed by atoms with Crippen LogP contribution in [0.4, 0.5) is 0 Å². The highest BCUT2D eigenvalue weighted by atomic mass is 16.4. The van der Waals surface area contributed by atoms with Crippen LogP contribution in [0.25, 0.3) is 0 Å². The summed E-state index contributed by atoms with van der Waals surface area (Å²) < 4.78 is 0. The van der Waals surface area contributed by atoms with E-state index in [-0.39, 0.29) is 16.7 Å². The molecule has 2 aliphatic rings. The molecule has 0 aromatic carbocycles. The number of aliphatic carboxylic acids is 1. The Balaban J connectivity index is 2.35. The Hall–Kier alpha value is -1.38. The van der Waals surface area contributed by atoms with Crippen molar-refractivity contribution < 1.29 is 14.7 Å². The third kappa shape index (κ3) is 3.15. The Bertz CT molecular complexity index is 545. The molecule has 0 heterocycles. The second-order valence-corrected chi connectivity index (χ2v) is 8.02. The van der Waals surface area contributed by atoms with Gasteiger partial charge in [0.25, 0.3) is 0 Å². The third-order valence-corrected chi connectivity index (χ3v) is 6.83. The molecule has 1 N–H and O–H groups in total. The van der Waals surface area contributed by atoms with Crippen molar-refractivity contribution in [2.45, 2.75) is 66.2 Å². The smallest absolute Gasteiger partial charge is 0.307 e. The molecular formula is C20H30O3. The molecule has 1 unspecified atom stereocenters. The van der Waals surface area contributed by atoms with Crippen LogP contribution in [0.2, 0.25) is 0 Å². The van der Waals surface area contributed by atoms with E-state index in [1.807, 2.05) is 6.92 Å². The number of fused-ring (bicyclic) bond motifs is 1. The van der Waals surface area contributed by atoms with E-state index in [4.69, 9.17) is 0 Å². The minimum Gasteiger partial charge on any atom is -0.481 e. The van der Waals surface area contributed by atoms with Gasteiger partial charge in [-0.3, -0.25) is 9.59 Å². The predicted octanol–water partition coefficient (Wildman–Crippen LogP) is 4.78. The maximum Gasteiger partial charge on any atom is 0.307 e. The monoisotopic (exact) mass is 318 g/mol. The zero-order chi connectivity index (χ0) is 17.3. The third-order valence-electron chi connectivity index (χ3n) is 6.83. The van der Waals surface area contributed by atoms with Crippen LogP contribution in [0.5, 0.6) is 0 Å². The van der Waals surface area contributed by atoms with E-state index in [0.29, 0.717) is 5.92 Å². The van der Waals surface area contributed by atoms with E-state index in [0.717, 1.165) is 50.4 Å². The molecule has 0 radical (unpaired) electrons. The Kier molecular flexibility index (Phi) is 5.17. The SMILES string of the molecule is CC1=CCCC2[C@@]1(C)CC[C@@H](C(=O)O)[C@]2(C)CC/C(C)=C\C=O. The first-order chi connectivity index (χ1) is 10.8.